The Hall–Kier alpha value is -1.40. The van der Waals surface area contributed by atoms with E-state index in [9.17, 15) is 13.2 Å². The van der Waals surface area contributed by atoms with E-state index in [2.05, 4.69) is 0 Å². The van der Waals surface area contributed by atoms with E-state index in [1.165, 1.54) is 18.2 Å². The zero-order chi connectivity index (χ0) is 12.2. The van der Waals surface area contributed by atoms with Crippen LogP contribution in [0.5, 0.6) is 0 Å². The number of benzene rings is 1. The van der Waals surface area contributed by atoms with Gasteiger partial charge in [-0.2, -0.15) is 0 Å². The third kappa shape index (κ3) is 2.59. The van der Waals surface area contributed by atoms with Gasteiger partial charge in [0, 0.05) is 0 Å². The molecule has 1 rings (SSSR count). The zero-order valence-corrected chi connectivity index (χ0v) is 9.66. The minimum Gasteiger partial charge on any atom is -0.462 e. The zero-order valence-electron chi connectivity index (χ0n) is 8.84. The maximum atomic E-state index is 11.6. The highest BCUT2D eigenvalue weighted by Gasteiger charge is 2.21. The van der Waals surface area contributed by atoms with Gasteiger partial charge in [-0.1, -0.05) is 12.1 Å². The number of rotatable bonds is 4. The second kappa shape index (κ2) is 5.09. The molecule has 0 saturated heterocycles. The lowest BCUT2D eigenvalue weighted by atomic mass is 10.2. The first-order chi connectivity index (χ1) is 7.53. The van der Waals surface area contributed by atoms with Gasteiger partial charge in [0.15, 0.2) is 9.84 Å². The Morgan fingerprint density at radius 2 is 2.00 bits per heavy atom. The molecule has 0 fully saturated rings. The number of sulfone groups is 1. The summed E-state index contributed by atoms with van der Waals surface area (Å²) in [4.78, 5) is 11.4. The van der Waals surface area contributed by atoms with Crippen LogP contribution in [0.25, 0.3) is 0 Å². The number of ether oxygens (including phenoxy) is 1. The summed E-state index contributed by atoms with van der Waals surface area (Å²) in [5.41, 5.74) is 5.16. The van der Waals surface area contributed by atoms with Crippen LogP contribution in [0.1, 0.15) is 17.3 Å². The number of hydrogen-bond donors (Lipinski definition) is 1. The molecule has 0 amide bonds. The summed E-state index contributed by atoms with van der Waals surface area (Å²) in [5.74, 6) is -1.20. The van der Waals surface area contributed by atoms with E-state index in [1.54, 1.807) is 13.0 Å². The summed E-state index contributed by atoms with van der Waals surface area (Å²) in [5, 5.41) is 0. The average molecular weight is 243 g/mol. The van der Waals surface area contributed by atoms with Gasteiger partial charge in [-0.3, -0.25) is 0 Å². The Labute approximate surface area is 94.1 Å². The van der Waals surface area contributed by atoms with Crippen LogP contribution in [0.4, 0.5) is 0 Å². The van der Waals surface area contributed by atoms with Crippen LogP contribution < -0.4 is 5.73 Å². The minimum atomic E-state index is -3.62. The quantitative estimate of drug-likeness (QED) is 0.780. The lowest BCUT2D eigenvalue weighted by Gasteiger charge is -2.07. The van der Waals surface area contributed by atoms with Crippen LogP contribution >= 0.6 is 0 Å². The highest BCUT2D eigenvalue weighted by Crippen LogP contribution is 2.17. The Bertz CT molecular complexity index is 481. The molecule has 1 aromatic rings. The van der Waals surface area contributed by atoms with Gasteiger partial charge in [0.25, 0.3) is 0 Å². The highest BCUT2D eigenvalue weighted by molar-refractivity contribution is 7.91. The molecule has 0 aliphatic carbocycles. The van der Waals surface area contributed by atoms with E-state index in [0.717, 1.165) is 0 Å². The molecular weight excluding hydrogens is 230 g/mol. The second-order valence-corrected chi connectivity index (χ2v) is 5.00. The molecule has 0 atom stereocenters. The van der Waals surface area contributed by atoms with Crippen LogP contribution in [0.2, 0.25) is 0 Å². The standard InChI is InChI=1S/C10H13NO4S/c1-2-15-10(12)8-5-3-4-6-9(8)16(13,14)7-11/h3-6H,2,7,11H2,1H3. The van der Waals surface area contributed by atoms with Gasteiger partial charge in [-0.05, 0) is 19.1 Å². The predicted molar refractivity (Wildman–Crippen MR) is 58.6 cm³/mol. The largest absolute Gasteiger partial charge is 0.462 e. The summed E-state index contributed by atoms with van der Waals surface area (Å²) < 4.78 is 28.0. The van der Waals surface area contributed by atoms with Crippen molar-refractivity contribution in [1.29, 1.82) is 0 Å². The van der Waals surface area contributed by atoms with E-state index >= 15 is 0 Å². The van der Waals surface area contributed by atoms with Crippen molar-refractivity contribution in [2.45, 2.75) is 11.8 Å². The number of carbonyl (C=O) groups is 1. The molecule has 5 nitrogen and oxygen atoms in total. The van der Waals surface area contributed by atoms with Gasteiger partial charge in [0.05, 0.1) is 17.1 Å². The Balaban J connectivity index is 3.26. The third-order valence-corrected chi connectivity index (χ3v) is 3.40. The average Bonchev–Trinajstić information content (AvgIpc) is 2.29. The van der Waals surface area contributed by atoms with Crippen molar-refractivity contribution in [3.63, 3.8) is 0 Å². The summed E-state index contributed by atoms with van der Waals surface area (Å²) in [6.07, 6.45) is 0. The molecule has 88 valence electrons. The van der Waals surface area contributed by atoms with Crippen LogP contribution in [0.3, 0.4) is 0 Å². The van der Waals surface area contributed by atoms with Gasteiger partial charge in [0.1, 0.15) is 5.88 Å². The molecule has 1 aromatic carbocycles. The second-order valence-electron chi connectivity index (χ2n) is 3.00. The van der Waals surface area contributed by atoms with Crippen molar-refractivity contribution < 1.29 is 17.9 Å². The molecule has 16 heavy (non-hydrogen) atoms. The van der Waals surface area contributed by atoms with Crippen molar-refractivity contribution in [3.8, 4) is 0 Å². The highest BCUT2D eigenvalue weighted by atomic mass is 32.2. The maximum absolute atomic E-state index is 11.6. The summed E-state index contributed by atoms with van der Waals surface area (Å²) in [6, 6.07) is 5.85. The Kier molecular flexibility index (Phi) is 4.03. The first-order valence-electron chi connectivity index (χ1n) is 4.72. The fourth-order valence-corrected chi connectivity index (χ4v) is 2.16. The van der Waals surface area contributed by atoms with Crippen LogP contribution in [0, 0.1) is 0 Å². The minimum absolute atomic E-state index is 0.0230. The summed E-state index contributed by atoms with van der Waals surface area (Å²) >= 11 is 0. The molecule has 0 radical (unpaired) electrons. The maximum Gasteiger partial charge on any atom is 0.339 e. The van der Waals surface area contributed by atoms with Crippen molar-refractivity contribution in [3.05, 3.63) is 29.8 Å². The molecule has 0 aliphatic rings. The molecule has 0 bridgehead atoms. The van der Waals surface area contributed by atoms with Crippen molar-refractivity contribution in [2.75, 3.05) is 12.5 Å². The Morgan fingerprint density at radius 1 is 1.38 bits per heavy atom. The smallest absolute Gasteiger partial charge is 0.339 e. The van der Waals surface area contributed by atoms with E-state index in [4.69, 9.17) is 10.5 Å². The van der Waals surface area contributed by atoms with Crippen LogP contribution in [-0.2, 0) is 14.6 Å². The monoisotopic (exact) mass is 243 g/mol. The number of carbonyl (C=O) groups excluding carboxylic acids is 1. The van der Waals surface area contributed by atoms with Gasteiger partial charge in [0.2, 0.25) is 0 Å². The molecule has 0 heterocycles. The van der Waals surface area contributed by atoms with E-state index in [1.807, 2.05) is 0 Å². The van der Waals surface area contributed by atoms with Crippen LogP contribution in [-0.4, -0.2) is 26.9 Å². The number of esters is 1. The fraction of sp³-hybridized carbons (Fsp3) is 0.300. The van der Waals surface area contributed by atoms with E-state index < -0.39 is 21.7 Å². The van der Waals surface area contributed by atoms with Gasteiger partial charge < -0.3 is 10.5 Å². The first-order valence-corrected chi connectivity index (χ1v) is 6.37. The molecule has 6 heteroatoms. The molecule has 0 saturated carbocycles. The van der Waals surface area contributed by atoms with Crippen molar-refractivity contribution >= 4 is 15.8 Å². The number of nitrogens with two attached hydrogens (primary N) is 1. The molecular formula is C10H13NO4S. The topological polar surface area (TPSA) is 86.5 Å². The number of hydrogen-bond acceptors (Lipinski definition) is 5. The van der Waals surface area contributed by atoms with Gasteiger partial charge >= 0.3 is 5.97 Å². The fourth-order valence-electron chi connectivity index (χ4n) is 1.21. The molecule has 0 aliphatic heterocycles. The molecule has 0 spiro atoms. The van der Waals surface area contributed by atoms with Crippen molar-refractivity contribution in [1.82, 2.24) is 0 Å². The van der Waals surface area contributed by atoms with Gasteiger partial charge in [-0.25, -0.2) is 13.2 Å². The lowest BCUT2D eigenvalue weighted by Crippen LogP contribution is -2.18. The SMILES string of the molecule is CCOC(=O)c1ccccc1S(=O)(=O)CN. The van der Waals surface area contributed by atoms with E-state index in [0.29, 0.717) is 0 Å². The summed E-state index contributed by atoms with van der Waals surface area (Å²) in [6.45, 7) is 1.84. The molecule has 0 aromatic heterocycles. The normalized spacial score (nSPS) is 11.1. The third-order valence-electron chi connectivity index (χ3n) is 1.94. The van der Waals surface area contributed by atoms with Crippen molar-refractivity contribution in [2.24, 2.45) is 5.73 Å². The summed E-state index contributed by atoms with van der Waals surface area (Å²) in [7, 11) is -3.62. The van der Waals surface area contributed by atoms with Crippen LogP contribution in [0.15, 0.2) is 29.2 Å². The lowest BCUT2D eigenvalue weighted by molar-refractivity contribution is 0.0522. The van der Waals surface area contributed by atoms with Gasteiger partial charge in [-0.15, -0.1) is 0 Å². The first kappa shape index (κ1) is 12.7. The Morgan fingerprint density at radius 3 is 2.56 bits per heavy atom. The van der Waals surface area contributed by atoms with E-state index in [-0.39, 0.29) is 17.1 Å². The molecule has 0 unspecified atom stereocenters. The molecule has 2 N–H and O–H groups in total. The predicted octanol–water partition coefficient (Wildman–Crippen LogP) is 0.553.